The van der Waals surface area contributed by atoms with Crippen LogP contribution in [0.1, 0.15) is 52.8 Å². The van der Waals surface area contributed by atoms with Crippen molar-refractivity contribution in [1.82, 2.24) is 9.80 Å². The monoisotopic (exact) mass is 620 g/mol. The first kappa shape index (κ1) is 32.5. The zero-order valence-electron chi connectivity index (χ0n) is 24.8. The molecule has 4 rings (SSSR count). The molecule has 2 atom stereocenters. The number of hydrogen-bond acceptors (Lipinski definition) is 10. The van der Waals surface area contributed by atoms with E-state index in [0.29, 0.717) is 45.2 Å². The van der Waals surface area contributed by atoms with E-state index in [1.807, 2.05) is 0 Å². The standard InChI is InChI=1S/C29H32N8O8/c1-42-24-12-20(28(40)36-8-3-6-18(36)16-38)22(32-34-30)14-26(24)44-10-5-11-45-27-15-23(33-35-31)21(13-25(27)43-2)29(41)37-9-4-7-19(37)17-39/h12-19H,3-11H2,1-2H3/t18-,19-/m0/s1. The molecule has 0 spiro atoms. The van der Waals surface area contributed by atoms with Crippen LogP contribution in [-0.4, -0.2) is 86.8 Å². The molecule has 0 aliphatic carbocycles. The fourth-order valence-electron chi connectivity index (χ4n) is 5.35. The number of likely N-dealkylation sites (tertiary alicyclic amines) is 2. The molecule has 16 heteroatoms. The van der Waals surface area contributed by atoms with E-state index in [2.05, 4.69) is 20.1 Å². The number of ether oxygens (including phenoxy) is 4. The lowest BCUT2D eigenvalue weighted by Gasteiger charge is -2.22. The highest BCUT2D eigenvalue weighted by atomic mass is 16.5. The first-order valence-electron chi connectivity index (χ1n) is 14.2. The van der Waals surface area contributed by atoms with Gasteiger partial charge < -0.3 is 38.3 Å². The van der Waals surface area contributed by atoms with Crippen molar-refractivity contribution in [2.45, 2.75) is 44.2 Å². The molecule has 0 unspecified atom stereocenters. The quantitative estimate of drug-likeness (QED) is 0.0915. The summed E-state index contributed by atoms with van der Waals surface area (Å²) in [6.45, 7) is 1.07. The van der Waals surface area contributed by atoms with Gasteiger partial charge in [0.05, 0.1) is 62.0 Å². The van der Waals surface area contributed by atoms with E-state index in [9.17, 15) is 19.2 Å². The van der Waals surface area contributed by atoms with Crippen LogP contribution >= 0.6 is 0 Å². The van der Waals surface area contributed by atoms with Crippen LogP contribution in [0.25, 0.3) is 20.9 Å². The second-order valence-electron chi connectivity index (χ2n) is 10.2. The normalized spacial score (nSPS) is 17.1. The number of amides is 2. The van der Waals surface area contributed by atoms with Crippen LogP contribution in [0.3, 0.4) is 0 Å². The molecule has 0 radical (unpaired) electrons. The lowest BCUT2D eigenvalue weighted by Crippen LogP contribution is -2.36. The van der Waals surface area contributed by atoms with E-state index < -0.39 is 23.9 Å². The maximum absolute atomic E-state index is 13.2. The van der Waals surface area contributed by atoms with Crippen LogP contribution in [0.4, 0.5) is 11.4 Å². The molecule has 0 aromatic heterocycles. The summed E-state index contributed by atoms with van der Waals surface area (Å²) < 4.78 is 22.6. The Morgan fingerprint density at radius 2 is 1.20 bits per heavy atom. The molecule has 2 fully saturated rings. The number of rotatable bonds is 14. The predicted octanol–water partition coefficient (Wildman–Crippen LogP) is 5.04. The highest BCUT2D eigenvalue weighted by molar-refractivity contribution is 6.02. The van der Waals surface area contributed by atoms with Crippen molar-refractivity contribution in [3.05, 3.63) is 56.3 Å². The number of aldehydes is 2. The molecule has 2 amide bonds. The number of benzene rings is 2. The van der Waals surface area contributed by atoms with Crippen LogP contribution in [0.15, 0.2) is 34.5 Å². The molecule has 2 aliphatic heterocycles. The minimum absolute atomic E-state index is 0.0319. The Labute approximate surface area is 258 Å². The Bertz CT molecular complexity index is 1440. The van der Waals surface area contributed by atoms with E-state index >= 15 is 0 Å². The fourth-order valence-corrected chi connectivity index (χ4v) is 5.35. The lowest BCUT2D eigenvalue weighted by atomic mass is 10.1. The summed E-state index contributed by atoms with van der Waals surface area (Å²) in [7, 11) is 2.81. The molecule has 0 N–H and O–H groups in total. The number of hydrogen-bond donors (Lipinski definition) is 0. The number of carbonyl (C=O) groups excluding carboxylic acids is 4. The van der Waals surface area contributed by atoms with Crippen molar-refractivity contribution in [2.24, 2.45) is 10.2 Å². The Morgan fingerprint density at radius 3 is 1.56 bits per heavy atom. The summed E-state index contributed by atoms with van der Waals surface area (Å²) in [5.74, 6) is 0.0207. The van der Waals surface area contributed by atoms with E-state index in [1.54, 1.807) is 0 Å². The summed E-state index contributed by atoms with van der Waals surface area (Å²) in [6, 6.07) is 4.55. The highest BCUT2D eigenvalue weighted by Crippen LogP contribution is 2.38. The van der Waals surface area contributed by atoms with Crippen molar-refractivity contribution in [3.63, 3.8) is 0 Å². The molecule has 2 aromatic carbocycles. The van der Waals surface area contributed by atoms with Crippen molar-refractivity contribution in [1.29, 1.82) is 0 Å². The van der Waals surface area contributed by atoms with Gasteiger partial charge in [0.2, 0.25) is 0 Å². The van der Waals surface area contributed by atoms with Gasteiger partial charge in [-0.1, -0.05) is 10.2 Å². The number of methoxy groups -OCH3 is 2. The molecule has 0 bridgehead atoms. The van der Waals surface area contributed by atoms with E-state index in [0.717, 1.165) is 12.6 Å². The molecule has 236 valence electrons. The Morgan fingerprint density at radius 1 is 0.778 bits per heavy atom. The molecule has 16 nitrogen and oxygen atoms in total. The third-order valence-electron chi connectivity index (χ3n) is 7.57. The van der Waals surface area contributed by atoms with Gasteiger partial charge in [0.25, 0.3) is 11.8 Å². The third kappa shape index (κ3) is 7.20. The van der Waals surface area contributed by atoms with Gasteiger partial charge in [-0.2, -0.15) is 0 Å². The second kappa shape index (κ2) is 15.3. The number of nitrogens with zero attached hydrogens (tertiary/aromatic N) is 8. The minimum atomic E-state index is -0.545. The first-order chi connectivity index (χ1) is 21.9. The van der Waals surface area contributed by atoms with E-state index in [1.165, 1.54) is 48.3 Å². The SMILES string of the molecule is COc1cc(C(=O)N2CCC[C@H]2C=O)c(N=[N+]=[N-])cc1OCCCOc1cc(N=[N+]=[N-])c(C(=O)N2CCC[C@H]2C=O)cc1OC. The summed E-state index contributed by atoms with van der Waals surface area (Å²) in [5, 5.41) is 7.32. The second-order valence-corrected chi connectivity index (χ2v) is 10.2. The average molecular weight is 621 g/mol. The molecular formula is C29H32N8O8. The maximum Gasteiger partial charge on any atom is 0.255 e. The number of carbonyl (C=O) groups is 4. The Balaban J connectivity index is 1.45. The zero-order chi connectivity index (χ0) is 32.3. The third-order valence-corrected chi connectivity index (χ3v) is 7.57. The van der Waals surface area contributed by atoms with Crippen molar-refractivity contribution < 1.29 is 38.1 Å². The van der Waals surface area contributed by atoms with Gasteiger partial charge in [-0.15, -0.1) is 0 Å². The fraction of sp³-hybridized carbons (Fsp3) is 0.448. The van der Waals surface area contributed by atoms with Crippen molar-refractivity contribution in [2.75, 3.05) is 40.5 Å². The lowest BCUT2D eigenvalue weighted by molar-refractivity contribution is -0.111. The minimum Gasteiger partial charge on any atom is -0.493 e. The molecule has 2 saturated heterocycles. The molecule has 2 aromatic rings. The van der Waals surface area contributed by atoms with Gasteiger partial charge in [0.1, 0.15) is 12.6 Å². The summed E-state index contributed by atoms with van der Waals surface area (Å²) in [4.78, 5) is 57.8. The highest BCUT2D eigenvalue weighted by Gasteiger charge is 2.32. The van der Waals surface area contributed by atoms with Crippen LogP contribution in [0.2, 0.25) is 0 Å². The van der Waals surface area contributed by atoms with Gasteiger partial charge in [0, 0.05) is 29.3 Å². The summed E-state index contributed by atoms with van der Waals surface area (Å²) in [6.07, 6.45) is 4.32. The largest absolute Gasteiger partial charge is 0.493 e. The zero-order valence-corrected chi connectivity index (χ0v) is 24.8. The van der Waals surface area contributed by atoms with E-state index in [4.69, 9.17) is 30.0 Å². The van der Waals surface area contributed by atoms with Crippen LogP contribution in [0, 0.1) is 0 Å². The molecule has 2 heterocycles. The Kier molecular flexibility index (Phi) is 11.0. The summed E-state index contributed by atoms with van der Waals surface area (Å²) >= 11 is 0. The van der Waals surface area contributed by atoms with E-state index in [-0.39, 0.29) is 58.7 Å². The first-order valence-corrected chi connectivity index (χ1v) is 14.2. The Hall–Kier alpha value is -5.46. The molecule has 45 heavy (non-hydrogen) atoms. The van der Waals surface area contributed by atoms with Crippen LogP contribution < -0.4 is 18.9 Å². The predicted molar refractivity (Wildman–Crippen MR) is 159 cm³/mol. The average Bonchev–Trinajstić information content (AvgIpc) is 3.74. The van der Waals surface area contributed by atoms with Gasteiger partial charge in [0.15, 0.2) is 23.0 Å². The molecular weight excluding hydrogens is 588 g/mol. The summed E-state index contributed by atoms with van der Waals surface area (Å²) in [5.41, 5.74) is 18.4. The number of azide groups is 2. The molecule has 2 aliphatic rings. The van der Waals surface area contributed by atoms with Crippen molar-refractivity contribution >= 4 is 35.8 Å². The van der Waals surface area contributed by atoms with Gasteiger partial charge in [-0.05, 0) is 61.0 Å². The van der Waals surface area contributed by atoms with Gasteiger partial charge in [-0.3, -0.25) is 9.59 Å². The van der Waals surface area contributed by atoms with Gasteiger partial charge >= 0.3 is 0 Å². The van der Waals surface area contributed by atoms with Crippen LogP contribution in [-0.2, 0) is 9.59 Å². The van der Waals surface area contributed by atoms with Crippen molar-refractivity contribution in [3.8, 4) is 23.0 Å². The smallest absolute Gasteiger partial charge is 0.255 e. The van der Waals surface area contributed by atoms with Crippen LogP contribution in [0.5, 0.6) is 23.0 Å². The molecule has 0 saturated carbocycles. The topological polar surface area (TPSA) is 209 Å². The maximum atomic E-state index is 13.2. The van der Waals surface area contributed by atoms with Gasteiger partial charge in [-0.25, -0.2) is 0 Å².